The molecule has 0 bridgehead atoms. The van der Waals surface area contributed by atoms with E-state index in [0.717, 1.165) is 0 Å². The van der Waals surface area contributed by atoms with Crippen molar-refractivity contribution in [1.29, 1.82) is 0 Å². The molecule has 2 nitrogen and oxygen atoms in total. The van der Waals surface area contributed by atoms with Gasteiger partial charge in [0.2, 0.25) is 0 Å². The fourth-order valence-electron chi connectivity index (χ4n) is 0.567. The van der Waals surface area contributed by atoms with E-state index in [1.54, 1.807) is 24.3 Å². The SMILES string of the molecule is O=[SH](=S)Oc1ccccc1. The molecule has 10 heavy (non-hydrogen) atoms. The van der Waals surface area contributed by atoms with Crippen LogP contribution in [0.2, 0.25) is 0 Å². The van der Waals surface area contributed by atoms with E-state index in [0.29, 0.717) is 5.75 Å². The fraction of sp³-hybridized carbons (Fsp3) is 0. The first kappa shape index (κ1) is 7.50. The monoisotopic (exact) mass is 174 g/mol. The highest BCUT2D eigenvalue weighted by Gasteiger charge is 1.86. The molecule has 0 aromatic heterocycles. The van der Waals surface area contributed by atoms with Crippen LogP contribution in [0.25, 0.3) is 0 Å². The number of thiol groups is 1. The zero-order chi connectivity index (χ0) is 7.40. The third-order valence-electron chi connectivity index (χ3n) is 0.923. The summed E-state index contributed by atoms with van der Waals surface area (Å²) >= 11 is 4.35. The lowest BCUT2D eigenvalue weighted by Crippen LogP contribution is -1.86. The Hall–Kier alpha value is -0.610. The molecule has 4 heteroatoms. The van der Waals surface area contributed by atoms with Crippen LogP contribution in [-0.4, -0.2) is 4.21 Å². The summed E-state index contributed by atoms with van der Waals surface area (Å²) in [6, 6.07) is 8.86. The standard InChI is InChI=1S/C6H6O2S2/c7-10(9)8-6-4-2-1-3-5-6/h1-5,10H. The molecule has 0 aliphatic rings. The molecule has 1 rings (SSSR count). The zero-order valence-electron chi connectivity index (χ0n) is 5.06. The molecule has 1 atom stereocenters. The van der Waals surface area contributed by atoms with Crippen molar-refractivity contribution in [2.75, 3.05) is 0 Å². The minimum atomic E-state index is -1.94. The van der Waals surface area contributed by atoms with Crippen LogP contribution in [0.4, 0.5) is 0 Å². The van der Waals surface area contributed by atoms with E-state index in [9.17, 15) is 4.21 Å². The van der Waals surface area contributed by atoms with Gasteiger partial charge in [0.15, 0.2) is 9.64 Å². The van der Waals surface area contributed by atoms with E-state index >= 15 is 0 Å². The number of benzene rings is 1. The zero-order valence-corrected chi connectivity index (χ0v) is 6.77. The Morgan fingerprint density at radius 3 is 2.40 bits per heavy atom. The van der Waals surface area contributed by atoms with Gasteiger partial charge in [-0.1, -0.05) is 18.2 Å². The highest BCUT2D eigenvalue weighted by atomic mass is 32.8. The molecule has 1 unspecified atom stereocenters. The number of hydrogen-bond donors (Lipinski definition) is 1. The maximum absolute atomic E-state index is 10.4. The van der Waals surface area contributed by atoms with E-state index in [1.807, 2.05) is 6.07 Å². The van der Waals surface area contributed by atoms with Gasteiger partial charge in [-0.3, -0.25) is 0 Å². The van der Waals surface area contributed by atoms with Crippen LogP contribution in [-0.2, 0) is 20.8 Å². The van der Waals surface area contributed by atoms with Gasteiger partial charge in [-0.15, -0.1) is 0 Å². The number of para-hydroxylation sites is 1. The van der Waals surface area contributed by atoms with Crippen molar-refractivity contribution in [2.24, 2.45) is 0 Å². The molecule has 0 N–H and O–H groups in total. The van der Waals surface area contributed by atoms with Crippen LogP contribution in [0.5, 0.6) is 5.75 Å². The van der Waals surface area contributed by atoms with Crippen molar-refractivity contribution in [3.8, 4) is 5.75 Å². The van der Waals surface area contributed by atoms with Crippen LogP contribution >= 0.6 is 0 Å². The highest BCUT2D eigenvalue weighted by Crippen LogP contribution is 2.07. The van der Waals surface area contributed by atoms with Gasteiger partial charge in [0.05, 0.1) is 0 Å². The summed E-state index contributed by atoms with van der Waals surface area (Å²) in [6.45, 7) is 0. The molecule has 0 aliphatic heterocycles. The molecule has 0 fully saturated rings. The second-order valence-electron chi connectivity index (χ2n) is 1.63. The predicted octanol–water partition coefficient (Wildman–Crippen LogP) is 0.923. The van der Waals surface area contributed by atoms with E-state index in [2.05, 4.69) is 11.2 Å². The summed E-state index contributed by atoms with van der Waals surface area (Å²) in [5.74, 6) is 0.554. The minimum Gasteiger partial charge on any atom is -0.403 e. The molecule has 0 amide bonds. The second-order valence-corrected chi connectivity index (χ2v) is 3.15. The molecule has 0 radical (unpaired) electrons. The Bertz CT molecular complexity index is 258. The average molecular weight is 174 g/mol. The first-order valence-corrected chi connectivity index (χ1v) is 4.85. The van der Waals surface area contributed by atoms with Crippen molar-refractivity contribution >= 4 is 20.8 Å². The molecule has 0 saturated carbocycles. The quantitative estimate of drug-likeness (QED) is 0.675. The van der Waals surface area contributed by atoms with Gasteiger partial charge in [0, 0.05) is 11.2 Å². The Kier molecular flexibility index (Phi) is 2.65. The Labute approximate surface area is 65.7 Å². The molecule has 0 spiro atoms. The normalized spacial score (nSPS) is 12.4. The molecular formula is C6H6O2S2. The molecule has 54 valence electrons. The third kappa shape index (κ3) is 2.33. The van der Waals surface area contributed by atoms with Crippen LogP contribution < -0.4 is 4.18 Å². The number of rotatable bonds is 2. The first-order chi connectivity index (χ1) is 4.79. The van der Waals surface area contributed by atoms with Crippen LogP contribution in [0, 0.1) is 0 Å². The summed E-state index contributed by atoms with van der Waals surface area (Å²) in [7, 11) is -1.94. The van der Waals surface area contributed by atoms with Gasteiger partial charge in [-0.05, 0) is 12.1 Å². The third-order valence-corrected chi connectivity index (χ3v) is 1.51. The van der Waals surface area contributed by atoms with Gasteiger partial charge < -0.3 is 4.18 Å². The summed E-state index contributed by atoms with van der Waals surface area (Å²) in [5, 5.41) is 0. The van der Waals surface area contributed by atoms with Crippen molar-refractivity contribution in [3.05, 3.63) is 30.3 Å². The maximum atomic E-state index is 10.4. The van der Waals surface area contributed by atoms with Crippen molar-refractivity contribution < 1.29 is 8.39 Å². The average Bonchev–Trinajstić information content (AvgIpc) is 1.88. The van der Waals surface area contributed by atoms with E-state index in [4.69, 9.17) is 4.18 Å². The molecule has 1 aromatic carbocycles. The lowest BCUT2D eigenvalue weighted by atomic mass is 10.3. The smallest absolute Gasteiger partial charge is 0.174 e. The van der Waals surface area contributed by atoms with E-state index < -0.39 is 9.64 Å². The van der Waals surface area contributed by atoms with Gasteiger partial charge in [0.25, 0.3) is 0 Å². The maximum Gasteiger partial charge on any atom is 0.174 e. The second kappa shape index (κ2) is 3.53. The molecule has 0 saturated heterocycles. The molecule has 0 heterocycles. The Morgan fingerprint density at radius 1 is 1.30 bits per heavy atom. The van der Waals surface area contributed by atoms with E-state index in [-0.39, 0.29) is 0 Å². The van der Waals surface area contributed by atoms with Crippen molar-refractivity contribution in [3.63, 3.8) is 0 Å². The van der Waals surface area contributed by atoms with Gasteiger partial charge >= 0.3 is 0 Å². The highest BCUT2D eigenvalue weighted by molar-refractivity contribution is 8.19. The van der Waals surface area contributed by atoms with Gasteiger partial charge in [-0.25, -0.2) is 4.21 Å². The van der Waals surface area contributed by atoms with Crippen LogP contribution in [0.15, 0.2) is 30.3 Å². The Balaban J connectivity index is 2.77. The first-order valence-electron chi connectivity index (χ1n) is 2.66. The van der Waals surface area contributed by atoms with Crippen LogP contribution in [0.1, 0.15) is 0 Å². The van der Waals surface area contributed by atoms with Gasteiger partial charge in [0.1, 0.15) is 5.75 Å². The van der Waals surface area contributed by atoms with Crippen molar-refractivity contribution in [2.45, 2.75) is 0 Å². The molecular weight excluding hydrogens is 168 g/mol. The summed E-state index contributed by atoms with van der Waals surface area (Å²) in [5.41, 5.74) is 0. The summed E-state index contributed by atoms with van der Waals surface area (Å²) < 4.78 is 15.1. The summed E-state index contributed by atoms with van der Waals surface area (Å²) in [4.78, 5) is 0. The molecule has 0 aliphatic carbocycles. The minimum absolute atomic E-state index is 0.554. The lowest BCUT2D eigenvalue weighted by molar-refractivity contribution is 0.580. The fourth-order valence-corrected chi connectivity index (χ4v) is 1.12. The Morgan fingerprint density at radius 2 is 1.90 bits per heavy atom. The lowest BCUT2D eigenvalue weighted by Gasteiger charge is -1.94. The predicted molar refractivity (Wildman–Crippen MR) is 44.0 cm³/mol. The van der Waals surface area contributed by atoms with E-state index in [1.165, 1.54) is 0 Å². The van der Waals surface area contributed by atoms with Gasteiger partial charge in [-0.2, -0.15) is 0 Å². The topological polar surface area (TPSA) is 26.3 Å². The van der Waals surface area contributed by atoms with Crippen molar-refractivity contribution in [1.82, 2.24) is 0 Å². The largest absolute Gasteiger partial charge is 0.403 e. The summed E-state index contributed by atoms with van der Waals surface area (Å²) in [6.07, 6.45) is 0. The van der Waals surface area contributed by atoms with Crippen LogP contribution in [0.3, 0.4) is 0 Å². The number of hydrogen-bond acceptors (Lipinski definition) is 3. The molecule has 1 aromatic rings.